The summed E-state index contributed by atoms with van der Waals surface area (Å²) in [4.78, 5) is 5.67. The van der Waals surface area contributed by atoms with Crippen LogP contribution in [-0.2, 0) is 0 Å². The summed E-state index contributed by atoms with van der Waals surface area (Å²) >= 11 is 3.90. The zero-order chi connectivity index (χ0) is 22.3. The van der Waals surface area contributed by atoms with E-state index in [1.165, 1.54) is 86.3 Å². The molecule has 0 fully saturated rings. The molecule has 4 aromatic rings. The zero-order valence-electron chi connectivity index (χ0n) is 19.4. The highest BCUT2D eigenvalue weighted by molar-refractivity contribution is 7.15. The van der Waals surface area contributed by atoms with Crippen LogP contribution in [0, 0.1) is 41.5 Å². The Morgan fingerprint density at radius 2 is 0.812 bits per heavy atom. The Morgan fingerprint density at radius 1 is 0.469 bits per heavy atom. The van der Waals surface area contributed by atoms with Gasteiger partial charge in [0.1, 0.15) is 0 Å². The maximum Gasteiger partial charge on any atom is 0.0437 e. The van der Waals surface area contributed by atoms with E-state index in [0.29, 0.717) is 0 Å². The van der Waals surface area contributed by atoms with Crippen molar-refractivity contribution in [2.75, 3.05) is 0 Å². The predicted molar refractivity (Wildman–Crippen MR) is 142 cm³/mol. The van der Waals surface area contributed by atoms with Crippen molar-refractivity contribution in [2.45, 2.75) is 41.5 Å². The Labute approximate surface area is 198 Å². The van der Waals surface area contributed by atoms with Gasteiger partial charge in [0.05, 0.1) is 0 Å². The lowest BCUT2D eigenvalue weighted by molar-refractivity contribution is 1.34. The van der Waals surface area contributed by atoms with Gasteiger partial charge in [0.25, 0.3) is 0 Å². The standard InChI is InChI=1S/C30H26S2/c1-15-9-7-10-16(2)23(15)27-25-21-13-20(6)32-30(21)28(24-17(3)11-8-12-18(24)4)26(25)22-14-19(5)31-29(22)27/h7-14H,1-6H3. The number of thiophene rings is 2. The molecule has 0 unspecified atom stereocenters. The van der Waals surface area contributed by atoms with Gasteiger partial charge in [-0.05, 0) is 87.1 Å². The summed E-state index contributed by atoms with van der Waals surface area (Å²) in [6, 6.07) is 18.3. The van der Waals surface area contributed by atoms with Crippen LogP contribution in [0.1, 0.15) is 64.0 Å². The fraction of sp³-hybridized carbons (Fsp3) is 0.200. The number of hydrogen-bond acceptors (Lipinski definition) is 2. The summed E-state index contributed by atoms with van der Waals surface area (Å²) in [6.45, 7) is 13.5. The Balaban J connectivity index is 1.83. The molecule has 2 heterocycles. The Hall–Kier alpha value is -2.68. The Morgan fingerprint density at radius 3 is 1.16 bits per heavy atom. The quantitative estimate of drug-likeness (QED) is 0.286. The molecule has 0 spiro atoms. The van der Waals surface area contributed by atoms with Crippen molar-refractivity contribution in [3.05, 3.63) is 113 Å². The third-order valence-electron chi connectivity index (χ3n) is 6.92. The second-order valence-corrected chi connectivity index (χ2v) is 11.7. The van der Waals surface area contributed by atoms with E-state index in [-0.39, 0.29) is 0 Å². The third-order valence-corrected chi connectivity index (χ3v) is 9.05. The molecular formula is C30H26S2. The van der Waals surface area contributed by atoms with Gasteiger partial charge < -0.3 is 0 Å². The lowest BCUT2D eigenvalue weighted by atomic mass is 9.91. The van der Waals surface area contributed by atoms with E-state index in [1.54, 1.807) is 0 Å². The maximum absolute atomic E-state index is 2.42. The minimum absolute atomic E-state index is 1.36. The van der Waals surface area contributed by atoms with Gasteiger partial charge in [-0.2, -0.15) is 0 Å². The molecule has 0 saturated heterocycles. The van der Waals surface area contributed by atoms with Crippen LogP contribution in [0.15, 0.2) is 48.5 Å². The van der Waals surface area contributed by atoms with E-state index in [2.05, 4.69) is 90.1 Å². The van der Waals surface area contributed by atoms with Crippen molar-refractivity contribution in [1.82, 2.24) is 0 Å². The molecule has 2 aromatic heterocycles. The molecule has 0 N–H and O–H groups in total. The molecule has 0 atom stereocenters. The fourth-order valence-electron chi connectivity index (χ4n) is 5.68. The van der Waals surface area contributed by atoms with Crippen LogP contribution < -0.4 is 0 Å². The Kier molecular flexibility index (Phi) is 4.31. The van der Waals surface area contributed by atoms with E-state index in [1.807, 2.05) is 22.7 Å². The smallest absolute Gasteiger partial charge is 0.0437 e. The first-order valence-electron chi connectivity index (χ1n) is 11.2. The van der Waals surface area contributed by atoms with Gasteiger partial charge in [0, 0.05) is 52.9 Å². The topological polar surface area (TPSA) is 0 Å². The van der Waals surface area contributed by atoms with E-state index >= 15 is 0 Å². The summed E-state index contributed by atoms with van der Waals surface area (Å²) in [7, 11) is 0. The summed E-state index contributed by atoms with van der Waals surface area (Å²) < 4.78 is 0. The van der Waals surface area contributed by atoms with Gasteiger partial charge >= 0.3 is 0 Å². The Bertz CT molecular complexity index is 1360. The molecule has 2 aliphatic rings. The van der Waals surface area contributed by atoms with Crippen molar-refractivity contribution >= 4 is 45.0 Å². The zero-order valence-corrected chi connectivity index (χ0v) is 21.1. The first-order chi connectivity index (χ1) is 15.4. The molecule has 0 bridgehead atoms. The van der Waals surface area contributed by atoms with Gasteiger partial charge in [-0.3, -0.25) is 0 Å². The average molecular weight is 451 g/mol. The first-order valence-corrected chi connectivity index (χ1v) is 12.8. The van der Waals surface area contributed by atoms with E-state index in [4.69, 9.17) is 0 Å². The largest absolute Gasteiger partial charge is 0.140 e. The second-order valence-electron chi connectivity index (χ2n) is 9.23. The highest BCUT2D eigenvalue weighted by atomic mass is 32.1. The van der Waals surface area contributed by atoms with Crippen LogP contribution in [0.4, 0.5) is 0 Å². The normalized spacial score (nSPS) is 14.3. The highest BCUT2D eigenvalue weighted by Gasteiger charge is 2.41. The average Bonchev–Trinajstić information content (AvgIpc) is 3.42. The van der Waals surface area contributed by atoms with Crippen LogP contribution in [-0.4, -0.2) is 0 Å². The molecule has 2 heteroatoms. The molecule has 0 saturated carbocycles. The maximum atomic E-state index is 2.42. The van der Waals surface area contributed by atoms with Gasteiger partial charge in [-0.1, -0.05) is 36.4 Å². The second kappa shape index (κ2) is 6.91. The molecular weight excluding hydrogens is 424 g/mol. The van der Waals surface area contributed by atoms with E-state index in [9.17, 15) is 0 Å². The first kappa shape index (κ1) is 20.0. The summed E-state index contributed by atoms with van der Waals surface area (Å²) in [5.41, 5.74) is 16.9. The van der Waals surface area contributed by atoms with Gasteiger partial charge in [0.15, 0.2) is 0 Å². The minimum atomic E-state index is 1.36. The molecule has 0 radical (unpaired) electrons. The number of rotatable bonds is 2. The molecule has 0 aliphatic heterocycles. The number of benzene rings is 2. The number of aryl methyl sites for hydroxylation is 6. The molecule has 0 amide bonds. The van der Waals surface area contributed by atoms with Gasteiger partial charge in [-0.25, -0.2) is 0 Å². The molecule has 158 valence electrons. The van der Waals surface area contributed by atoms with Crippen molar-refractivity contribution in [3.63, 3.8) is 0 Å². The van der Waals surface area contributed by atoms with E-state index in [0.717, 1.165) is 0 Å². The minimum Gasteiger partial charge on any atom is -0.140 e. The van der Waals surface area contributed by atoms with Gasteiger partial charge in [0.2, 0.25) is 0 Å². The number of hydrogen-bond donors (Lipinski definition) is 0. The third kappa shape index (κ3) is 2.60. The summed E-state index contributed by atoms with van der Waals surface area (Å²) in [5, 5.41) is 0. The number of allylic oxidation sites excluding steroid dienone is 2. The van der Waals surface area contributed by atoms with Gasteiger partial charge in [-0.15, -0.1) is 22.7 Å². The van der Waals surface area contributed by atoms with Crippen LogP contribution in [0.3, 0.4) is 0 Å². The van der Waals surface area contributed by atoms with E-state index < -0.39 is 0 Å². The lowest BCUT2D eigenvalue weighted by Gasteiger charge is -2.13. The van der Waals surface area contributed by atoms with Crippen molar-refractivity contribution in [2.24, 2.45) is 0 Å². The lowest BCUT2D eigenvalue weighted by Crippen LogP contribution is -1.95. The monoisotopic (exact) mass is 450 g/mol. The molecule has 32 heavy (non-hydrogen) atoms. The molecule has 6 rings (SSSR count). The SMILES string of the molecule is Cc1cc2c(s1)C(c1c(C)cccc1C)=C1C2=C(c2c(C)cccc2C)c2sc(C)cc21. The molecule has 2 aromatic carbocycles. The van der Waals surface area contributed by atoms with Crippen LogP contribution in [0.5, 0.6) is 0 Å². The summed E-state index contributed by atoms with van der Waals surface area (Å²) in [6.07, 6.45) is 0. The van der Waals surface area contributed by atoms with Crippen molar-refractivity contribution < 1.29 is 0 Å². The van der Waals surface area contributed by atoms with Crippen LogP contribution in [0.25, 0.3) is 22.3 Å². The van der Waals surface area contributed by atoms with Crippen LogP contribution in [0.2, 0.25) is 0 Å². The molecule has 2 aliphatic carbocycles. The highest BCUT2D eigenvalue weighted by Crippen LogP contribution is 2.62. The fourth-order valence-corrected chi connectivity index (χ4v) is 7.83. The van der Waals surface area contributed by atoms with Crippen molar-refractivity contribution in [1.29, 1.82) is 0 Å². The number of fused-ring (bicyclic) bond motifs is 5. The summed E-state index contributed by atoms with van der Waals surface area (Å²) in [5.74, 6) is 0. The van der Waals surface area contributed by atoms with Crippen molar-refractivity contribution in [3.8, 4) is 0 Å². The van der Waals surface area contributed by atoms with Crippen LogP contribution >= 0.6 is 22.7 Å². The molecule has 0 nitrogen and oxygen atoms in total. The predicted octanol–water partition coefficient (Wildman–Crippen LogP) is 8.91.